The van der Waals surface area contributed by atoms with Crippen LogP contribution >= 0.6 is 23.2 Å². The van der Waals surface area contributed by atoms with Crippen LogP contribution in [0, 0.1) is 0 Å². The molecule has 2 unspecified atom stereocenters. The van der Waals surface area contributed by atoms with Crippen molar-refractivity contribution in [2.75, 3.05) is 52.9 Å². The molecule has 46 heavy (non-hydrogen) atoms. The fourth-order valence-electron chi connectivity index (χ4n) is 8.05. The zero-order valence-corrected chi connectivity index (χ0v) is 27.7. The van der Waals surface area contributed by atoms with Crippen LogP contribution in [0.1, 0.15) is 43.7 Å². The van der Waals surface area contributed by atoms with Gasteiger partial charge in [-0.15, -0.1) is 5.10 Å². The smallest absolute Gasteiger partial charge is 0.435 e. The van der Waals surface area contributed by atoms with E-state index in [4.69, 9.17) is 28.3 Å². The molecule has 11 nitrogen and oxygen atoms in total. The number of benzene rings is 2. The van der Waals surface area contributed by atoms with Gasteiger partial charge in [0.1, 0.15) is 12.8 Å². The van der Waals surface area contributed by atoms with Crippen LogP contribution in [0.4, 0.5) is 4.79 Å². The second-order valence-corrected chi connectivity index (χ2v) is 13.8. The van der Waals surface area contributed by atoms with Gasteiger partial charge in [-0.1, -0.05) is 59.6 Å². The number of nitrogens with one attached hydrogen (secondary N) is 1. The van der Waals surface area contributed by atoms with E-state index in [2.05, 4.69) is 26.7 Å². The average molecular weight is 672 g/mol. The lowest BCUT2D eigenvalue weighted by Crippen LogP contribution is -2.77. The molecule has 3 aliphatic rings. The minimum atomic E-state index is -1.13. The van der Waals surface area contributed by atoms with Crippen LogP contribution in [-0.2, 0) is 11.3 Å². The summed E-state index contributed by atoms with van der Waals surface area (Å²) >= 11 is 12.6. The first-order valence-electron chi connectivity index (χ1n) is 16.1. The predicted octanol–water partition coefficient (Wildman–Crippen LogP) is 4.57. The van der Waals surface area contributed by atoms with E-state index in [1.807, 2.05) is 30.3 Å². The van der Waals surface area contributed by atoms with Gasteiger partial charge in [0.2, 0.25) is 0 Å². The lowest BCUT2D eigenvalue weighted by molar-refractivity contribution is -0.942. The van der Waals surface area contributed by atoms with Gasteiger partial charge < -0.3 is 14.8 Å². The topological polar surface area (TPSA) is 115 Å². The summed E-state index contributed by atoms with van der Waals surface area (Å²) < 4.78 is 1.09. The maximum atomic E-state index is 13.7. The molecule has 6 rings (SSSR count). The molecule has 1 aromatic heterocycles. The van der Waals surface area contributed by atoms with Gasteiger partial charge in [0, 0.05) is 56.2 Å². The Balaban J connectivity index is 1.38. The Labute approximate surface area is 278 Å². The van der Waals surface area contributed by atoms with E-state index in [1.165, 1.54) is 4.68 Å². The average Bonchev–Trinajstić information content (AvgIpc) is 3.46. The number of aromatic amines is 1. The van der Waals surface area contributed by atoms with Crippen LogP contribution < -0.4 is 5.69 Å². The molecule has 0 bridgehead atoms. The van der Waals surface area contributed by atoms with Crippen LogP contribution in [0.2, 0.25) is 10.0 Å². The molecule has 4 heterocycles. The van der Waals surface area contributed by atoms with Gasteiger partial charge >= 0.3 is 11.8 Å². The van der Waals surface area contributed by atoms with Gasteiger partial charge in [-0.05, 0) is 45.1 Å². The van der Waals surface area contributed by atoms with E-state index in [0.29, 0.717) is 41.4 Å². The fraction of sp³-hybridized carbons (Fsp3) is 0.515. The van der Waals surface area contributed by atoms with Crippen molar-refractivity contribution < 1.29 is 19.2 Å². The third-order valence-electron chi connectivity index (χ3n) is 10.6. The molecule has 0 radical (unpaired) electrons. The number of aromatic nitrogens is 3. The number of halogens is 2. The number of nitrogens with zero attached hydrogens (tertiary/aromatic N) is 6. The zero-order valence-electron chi connectivity index (χ0n) is 26.2. The number of piperazine rings is 1. The second-order valence-electron chi connectivity index (χ2n) is 13.0. The zero-order chi connectivity index (χ0) is 32.5. The van der Waals surface area contributed by atoms with Crippen LogP contribution in [0.25, 0.3) is 11.4 Å². The number of H-pyrrole nitrogens is 1. The Kier molecular flexibility index (Phi) is 9.70. The summed E-state index contributed by atoms with van der Waals surface area (Å²) in [5, 5.41) is 16.6. The third kappa shape index (κ3) is 6.16. The van der Waals surface area contributed by atoms with Crippen LogP contribution in [-0.4, -0.2) is 116 Å². The van der Waals surface area contributed by atoms with Crippen molar-refractivity contribution in [1.82, 2.24) is 29.5 Å². The molecular weight excluding hydrogens is 629 g/mol. The van der Waals surface area contributed by atoms with E-state index < -0.39 is 17.8 Å². The maximum absolute atomic E-state index is 13.7. The lowest BCUT2D eigenvalue weighted by Gasteiger charge is -2.58. The Morgan fingerprint density at radius 1 is 1.02 bits per heavy atom. The Morgan fingerprint density at radius 3 is 2.39 bits per heavy atom. The Bertz CT molecular complexity index is 1600. The highest BCUT2D eigenvalue weighted by atomic mass is 35.5. The number of likely N-dealkylation sites (tertiary alicyclic amines) is 2. The number of carbonyl (C=O) groups excluding carboxylic acids is 1. The molecule has 3 aromatic rings. The van der Waals surface area contributed by atoms with Crippen molar-refractivity contribution in [1.29, 1.82) is 0 Å². The third-order valence-corrected chi connectivity index (χ3v) is 11.3. The van der Waals surface area contributed by atoms with Gasteiger partial charge in [-0.3, -0.25) is 9.88 Å². The predicted molar refractivity (Wildman–Crippen MR) is 177 cm³/mol. The van der Waals surface area contributed by atoms with E-state index >= 15 is 0 Å². The summed E-state index contributed by atoms with van der Waals surface area (Å²) in [6.07, 6.45) is 2.71. The highest BCUT2D eigenvalue weighted by molar-refractivity contribution is 6.42. The van der Waals surface area contributed by atoms with Crippen molar-refractivity contribution in [2.45, 2.75) is 56.4 Å². The molecule has 3 atom stereocenters. The second kappa shape index (κ2) is 13.6. The van der Waals surface area contributed by atoms with Crippen molar-refractivity contribution >= 4 is 35.6 Å². The normalized spacial score (nSPS) is 27.1. The largest absolute Gasteiger partial charge is 0.515 e. The van der Waals surface area contributed by atoms with Gasteiger partial charge in [0.05, 0.1) is 29.1 Å². The number of amides is 1. The highest BCUT2D eigenvalue weighted by Gasteiger charge is 2.63. The quantitative estimate of drug-likeness (QED) is 0.265. The van der Waals surface area contributed by atoms with Crippen molar-refractivity contribution in [2.24, 2.45) is 0 Å². The molecule has 3 fully saturated rings. The maximum Gasteiger partial charge on any atom is 0.515 e. The summed E-state index contributed by atoms with van der Waals surface area (Å²) in [5.74, 6) is 0.457. The first kappa shape index (κ1) is 32.9. The first-order chi connectivity index (χ1) is 22.2. The van der Waals surface area contributed by atoms with Crippen LogP contribution in [0.5, 0.6) is 0 Å². The molecule has 246 valence electrons. The van der Waals surface area contributed by atoms with Crippen molar-refractivity contribution in [3.63, 3.8) is 0 Å². The Morgan fingerprint density at radius 2 is 1.74 bits per heavy atom. The molecule has 0 aliphatic carbocycles. The number of hydrogen-bond donors (Lipinski definition) is 2. The minimum Gasteiger partial charge on any atom is -0.435 e. The van der Waals surface area contributed by atoms with Gasteiger partial charge in [0.25, 0.3) is 0 Å². The number of carboxylic acid groups (broad SMARTS) is 1. The monoisotopic (exact) mass is 670 g/mol. The SMILES string of the molecule is CN1CCC(N2CCN(C3(CC=O)CC(n4nc(-c5ccccc5)[nH]c4=O)CC[N@+]3(Cc3ccc(Cl)c(Cl)c3)C(=O)O)CC2)CC1. The van der Waals surface area contributed by atoms with Crippen LogP contribution in [0.3, 0.4) is 0 Å². The summed E-state index contributed by atoms with van der Waals surface area (Å²) in [5.41, 5.74) is 0.0235. The van der Waals surface area contributed by atoms with E-state index in [9.17, 15) is 19.5 Å². The standard InChI is InChI=1S/C33H41Cl2N7O4/c1-38-13-9-26(10-14-38)39-15-17-40(18-16-39)33(12-20-43)22-27(41-31(44)36-30(37-41)25-5-3-2-4-6-25)11-19-42(33,32(45)46)23-24-7-8-28(34)29(35)21-24/h2-8,20-21,26-27H,9-19,22-23H2,1H3,(H-,36,37,44,45,46)/p+1/t27?,33?,42-/m0/s1. The van der Waals surface area contributed by atoms with Crippen molar-refractivity contribution in [3.8, 4) is 11.4 Å². The number of rotatable bonds is 8. The van der Waals surface area contributed by atoms with E-state index in [-0.39, 0.29) is 36.1 Å². The number of aldehydes is 1. The lowest BCUT2D eigenvalue weighted by atomic mass is 9.83. The fourth-order valence-corrected chi connectivity index (χ4v) is 8.37. The van der Waals surface area contributed by atoms with Crippen molar-refractivity contribution in [3.05, 3.63) is 74.6 Å². The Hall–Kier alpha value is -3.06. The summed E-state index contributed by atoms with van der Waals surface area (Å²) in [4.78, 5) is 49.7. The number of hydrogen-bond acceptors (Lipinski definition) is 7. The molecule has 0 spiro atoms. The molecule has 3 saturated heterocycles. The summed E-state index contributed by atoms with van der Waals surface area (Å²) in [6, 6.07) is 14.7. The molecule has 0 saturated carbocycles. The van der Waals surface area contributed by atoms with Gasteiger partial charge in [0.15, 0.2) is 11.5 Å². The van der Waals surface area contributed by atoms with E-state index in [0.717, 1.165) is 56.4 Å². The molecule has 1 amide bonds. The van der Waals surface area contributed by atoms with Crippen LogP contribution in [0.15, 0.2) is 53.3 Å². The summed E-state index contributed by atoms with van der Waals surface area (Å²) in [7, 11) is 2.15. The summed E-state index contributed by atoms with van der Waals surface area (Å²) in [6.45, 7) is 5.25. The molecule has 3 aliphatic heterocycles. The number of quaternary nitrogens is 1. The molecule has 13 heteroatoms. The van der Waals surface area contributed by atoms with Gasteiger partial charge in [-0.25, -0.2) is 18.9 Å². The number of carbonyl (C=O) groups is 2. The van der Waals surface area contributed by atoms with Gasteiger partial charge in [-0.2, -0.15) is 4.79 Å². The number of piperidine rings is 2. The first-order valence-corrected chi connectivity index (χ1v) is 16.8. The molecule has 2 aromatic carbocycles. The molecular formula is C33H42Cl2N7O4+. The molecule has 2 N–H and O–H groups in total. The van der Waals surface area contributed by atoms with E-state index in [1.54, 1.807) is 18.2 Å². The minimum absolute atomic E-state index is 0.00391. The highest BCUT2D eigenvalue weighted by Crippen LogP contribution is 2.47.